The van der Waals surface area contributed by atoms with Crippen molar-refractivity contribution in [2.75, 3.05) is 6.54 Å². The molecule has 9 heteroatoms. The van der Waals surface area contributed by atoms with Gasteiger partial charge < -0.3 is 10.3 Å². The molecule has 0 bridgehead atoms. The first kappa shape index (κ1) is 22.0. The van der Waals surface area contributed by atoms with Crippen molar-refractivity contribution in [2.45, 2.75) is 13.5 Å². The number of fused-ring (bicyclic) bond motifs is 2. The fourth-order valence-electron chi connectivity index (χ4n) is 4.34. The van der Waals surface area contributed by atoms with Crippen LogP contribution in [0.15, 0.2) is 67.1 Å². The summed E-state index contributed by atoms with van der Waals surface area (Å²) in [5, 5.41) is 10.8. The first-order valence-electron chi connectivity index (χ1n) is 11.5. The Kier molecular flexibility index (Phi) is 5.46. The zero-order valence-electron chi connectivity index (χ0n) is 19.3. The zero-order valence-corrected chi connectivity index (χ0v) is 19.3. The van der Waals surface area contributed by atoms with E-state index in [1.807, 2.05) is 31.2 Å². The lowest BCUT2D eigenvalue weighted by molar-refractivity contribution is 0.628. The molecule has 0 aliphatic carbocycles. The molecule has 0 spiro atoms. The molecule has 0 fully saturated rings. The molecule has 6 aromatic rings. The number of hydrogen-bond acceptors (Lipinski definition) is 5. The third kappa shape index (κ3) is 3.79. The van der Waals surface area contributed by atoms with E-state index in [2.05, 4.69) is 30.5 Å². The van der Waals surface area contributed by atoms with Gasteiger partial charge in [-0.25, -0.2) is 13.8 Å². The number of aromatic amines is 2. The number of nitrogens with one attached hydrogen (secondary N) is 3. The van der Waals surface area contributed by atoms with Crippen molar-refractivity contribution in [1.29, 1.82) is 0 Å². The number of benzene rings is 2. The molecule has 0 radical (unpaired) electrons. The van der Waals surface area contributed by atoms with Crippen LogP contribution in [-0.2, 0) is 6.54 Å². The third-order valence-corrected chi connectivity index (χ3v) is 6.08. The van der Waals surface area contributed by atoms with Gasteiger partial charge >= 0.3 is 0 Å². The van der Waals surface area contributed by atoms with Gasteiger partial charge in [-0.3, -0.25) is 15.1 Å². The lowest BCUT2D eigenvalue weighted by Gasteiger charge is -2.07. The Morgan fingerprint density at radius 2 is 1.78 bits per heavy atom. The van der Waals surface area contributed by atoms with Crippen LogP contribution in [0.2, 0.25) is 0 Å². The van der Waals surface area contributed by atoms with E-state index < -0.39 is 5.82 Å². The Bertz CT molecular complexity index is 1700. The van der Waals surface area contributed by atoms with Crippen LogP contribution in [0.5, 0.6) is 0 Å². The topological polar surface area (TPSA) is 95.2 Å². The molecule has 0 amide bonds. The summed E-state index contributed by atoms with van der Waals surface area (Å²) in [5.74, 6) is -0.391. The minimum atomic E-state index is -0.502. The molecule has 0 saturated heterocycles. The summed E-state index contributed by atoms with van der Waals surface area (Å²) in [6.07, 6.45) is 4.91. The summed E-state index contributed by atoms with van der Waals surface area (Å²) in [6, 6.07) is 13.8. The quantitative estimate of drug-likeness (QED) is 0.287. The fourth-order valence-corrected chi connectivity index (χ4v) is 4.34. The first-order chi connectivity index (χ1) is 17.6. The van der Waals surface area contributed by atoms with Crippen LogP contribution in [0.25, 0.3) is 55.8 Å². The van der Waals surface area contributed by atoms with Crippen LogP contribution in [0, 0.1) is 11.6 Å². The number of rotatable bonds is 6. The van der Waals surface area contributed by atoms with Gasteiger partial charge in [0.15, 0.2) is 11.6 Å². The minimum Gasteiger partial charge on any atom is -0.337 e. The lowest BCUT2D eigenvalue weighted by atomic mass is 10.0. The van der Waals surface area contributed by atoms with Crippen LogP contribution in [-0.4, -0.2) is 36.7 Å². The molecule has 0 aliphatic rings. The maximum Gasteiger partial charge on any atom is 0.161 e. The lowest BCUT2D eigenvalue weighted by Crippen LogP contribution is -2.11. The van der Waals surface area contributed by atoms with E-state index in [0.717, 1.165) is 28.8 Å². The number of para-hydroxylation sites is 1. The Labute approximate surface area is 204 Å². The Morgan fingerprint density at radius 1 is 0.917 bits per heavy atom. The molecule has 2 aromatic carbocycles. The van der Waals surface area contributed by atoms with Crippen LogP contribution >= 0.6 is 0 Å². The number of aromatic nitrogens is 6. The minimum absolute atomic E-state index is 0.194. The average Bonchev–Trinajstić information content (AvgIpc) is 3.53. The molecule has 0 saturated carbocycles. The van der Waals surface area contributed by atoms with E-state index in [0.29, 0.717) is 40.0 Å². The standard InChI is InChI=1S/C27H21F2N7/c1-2-30-11-15-10-17(13-31-12-15)24-23(29)22-21(14-32-24)35-36-26(22)27-33-20-5-3-4-19(25(20)34-27)16-6-8-18(28)9-7-16/h3-10,12-14,30H,2,11H2,1H3,(H,33,34)(H,35,36). The van der Waals surface area contributed by atoms with E-state index in [1.165, 1.54) is 12.1 Å². The van der Waals surface area contributed by atoms with E-state index in [9.17, 15) is 4.39 Å². The van der Waals surface area contributed by atoms with Crippen LogP contribution in [0.1, 0.15) is 12.5 Å². The summed E-state index contributed by atoms with van der Waals surface area (Å²) in [6.45, 7) is 3.47. The second kappa shape index (κ2) is 8.94. The highest BCUT2D eigenvalue weighted by Gasteiger charge is 2.21. The summed E-state index contributed by atoms with van der Waals surface area (Å²) in [7, 11) is 0. The van der Waals surface area contributed by atoms with Crippen LogP contribution in [0.4, 0.5) is 8.78 Å². The molecule has 0 unspecified atom stereocenters. The van der Waals surface area contributed by atoms with Crippen molar-refractivity contribution in [3.63, 3.8) is 0 Å². The van der Waals surface area contributed by atoms with Gasteiger partial charge in [0.05, 0.1) is 28.1 Å². The van der Waals surface area contributed by atoms with Crippen LogP contribution in [0.3, 0.4) is 0 Å². The highest BCUT2D eigenvalue weighted by molar-refractivity contribution is 5.98. The van der Waals surface area contributed by atoms with E-state index in [4.69, 9.17) is 4.98 Å². The summed E-state index contributed by atoms with van der Waals surface area (Å²) in [4.78, 5) is 16.6. The molecule has 4 heterocycles. The van der Waals surface area contributed by atoms with Crippen molar-refractivity contribution in [3.8, 4) is 33.9 Å². The second-order valence-electron chi connectivity index (χ2n) is 8.44. The van der Waals surface area contributed by atoms with Gasteiger partial charge in [0.25, 0.3) is 0 Å². The summed E-state index contributed by atoms with van der Waals surface area (Å²) in [5.41, 5.74) is 5.64. The molecule has 0 aliphatic heterocycles. The van der Waals surface area contributed by atoms with Crippen molar-refractivity contribution in [1.82, 2.24) is 35.5 Å². The SMILES string of the molecule is CCNCc1cncc(-c2ncc3[nH]nc(-c4nc5c(-c6ccc(F)cc6)cccc5[nH]4)c3c2F)c1. The number of nitrogens with zero attached hydrogens (tertiary/aromatic N) is 4. The number of halogens is 2. The fraction of sp³-hybridized carbons (Fsp3) is 0.111. The van der Waals surface area contributed by atoms with Gasteiger partial charge in [-0.2, -0.15) is 5.10 Å². The van der Waals surface area contributed by atoms with Crippen molar-refractivity contribution >= 4 is 21.9 Å². The molecule has 4 aromatic heterocycles. The molecule has 178 valence electrons. The maximum absolute atomic E-state index is 15.9. The van der Waals surface area contributed by atoms with Gasteiger partial charge in [0.2, 0.25) is 0 Å². The zero-order chi connectivity index (χ0) is 24.6. The van der Waals surface area contributed by atoms with Crippen molar-refractivity contribution in [3.05, 3.63) is 84.3 Å². The largest absolute Gasteiger partial charge is 0.337 e. The van der Waals surface area contributed by atoms with Gasteiger partial charge in [-0.1, -0.05) is 31.2 Å². The Morgan fingerprint density at radius 3 is 2.61 bits per heavy atom. The van der Waals surface area contributed by atoms with E-state index >= 15 is 4.39 Å². The molecule has 7 nitrogen and oxygen atoms in total. The molecule has 6 rings (SSSR count). The average molecular weight is 482 g/mol. The monoisotopic (exact) mass is 481 g/mol. The Balaban J connectivity index is 1.47. The van der Waals surface area contributed by atoms with E-state index in [-0.39, 0.29) is 11.5 Å². The summed E-state index contributed by atoms with van der Waals surface area (Å²) >= 11 is 0. The van der Waals surface area contributed by atoms with Crippen LogP contribution < -0.4 is 5.32 Å². The maximum atomic E-state index is 15.9. The highest BCUT2D eigenvalue weighted by atomic mass is 19.1. The molecule has 36 heavy (non-hydrogen) atoms. The molecular formula is C27H21F2N7. The molecule has 3 N–H and O–H groups in total. The van der Waals surface area contributed by atoms with Crippen molar-refractivity contribution < 1.29 is 8.78 Å². The normalized spacial score (nSPS) is 11.5. The Hall–Kier alpha value is -4.50. The van der Waals surface area contributed by atoms with Gasteiger partial charge in [0, 0.05) is 30.1 Å². The number of H-pyrrole nitrogens is 2. The van der Waals surface area contributed by atoms with Gasteiger partial charge in [0.1, 0.15) is 17.2 Å². The van der Waals surface area contributed by atoms with Crippen molar-refractivity contribution in [2.24, 2.45) is 0 Å². The smallest absolute Gasteiger partial charge is 0.161 e. The summed E-state index contributed by atoms with van der Waals surface area (Å²) < 4.78 is 29.4. The number of imidazole rings is 1. The van der Waals surface area contributed by atoms with E-state index in [1.54, 1.807) is 30.7 Å². The predicted molar refractivity (Wildman–Crippen MR) is 135 cm³/mol. The first-order valence-corrected chi connectivity index (χ1v) is 11.5. The third-order valence-electron chi connectivity index (χ3n) is 6.08. The number of hydrogen-bond donors (Lipinski definition) is 3. The molecule has 0 atom stereocenters. The number of pyridine rings is 2. The van der Waals surface area contributed by atoms with Gasteiger partial charge in [-0.05, 0) is 41.9 Å². The predicted octanol–water partition coefficient (Wildman–Crippen LogP) is 5.62. The second-order valence-corrected chi connectivity index (χ2v) is 8.44. The molecular weight excluding hydrogens is 460 g/mol. The highest BCUT2D eigenvalue weighted by Crippen LogP contribution is 2.34. The van der Waals surface area contributed by atoms with Gasteiger partial charge in [-0.15, -0.1) is 0 Å².